The van der Waals surface area contributed by atoms with Gasteiger partial charge in [0.1, 0.15) is 4.33 Å². The van der Waals surface area contributed by atoms with E-state index in [9.17, 15) is 13.2 Å². The SMILES string of the molecule is NC1C(I)=CC(Cl)(Cl)CC1(Cl)C(F)(F)F.Nc1ccccc1. The summed E-state index contributed by atoms with van der Waals surface area (Å²) in [5.41, 5.74) is 11.6. The summed E-state index contributed by atoms with van der Waals surface area (Å²) in [5, 5.41) is 0. The molecule has 2 atom stereocenters. The molecule has 0 saturated heterocycles. The van der Waals surface area contributed by atoms with Crippen LogP contribution in [-0.4, -0.2) is 21.4 Å². The molecule has 1 aromatic rings. The molecular formula is C13H13Cl3F3IN2. The highest BCUT2D eigenvalue weighted by Crippen LogP contribution is 2.52. The second-order valence-electron chi connectivity index (χ2n) is 4.72. The Morgan fingerprint density at radius 2 is 1.64 bits per heavy atom. The van der Waals surface area contributed by atoms with E-state index in [-0.39, 0.29) is 3.58 Å². The van der Waals surface area contributed by atoms with Gasteiger partial charge in [0.05, 0.1) is 6.04 Å². The summed E-state index contributed by atoms with van der Waals surface area (Å²) < 4.78 is 36.8. The van der Waals surface area contributed by atoms with Gasteiger partial charge >= 0.3 is 6.18 Å². The fourth-order valence-corrected chi connectivity index (χ4v) is 4.48. The average molecular weight is 488 g/mol. The molecule has 1 aromatic carbocycles. The largest absolute Gasteiger partial charge is 0.409 e. The fourth-order valence-electron chi connectivity index (χ4n) is 1.74. The van der Waals surface area contributed by atoms with Crippen LogP contribution in [0.5, 0.6) is 0 Å². The molecule has 0 saturated carbocycles. The first kappa shape index (κ1) is 20.2. The van der Waals surface area contributed by atoms with Gasteiger partial charge in [0.15, 0.2) is 4.87 Å². The van der Waals surface area contributed by atoms with Gasteiger partial charge in [-0.05, 0) is 40.8 Å². The van der Waals surface area contributed by atoms with Crippen LogP contribution in [0.25, 0.3) is 0 Å². The monoisotopic (exact) mass is 486 g/mol. The van der Waals surface area contributed by atoms with Crippen molar-refractivity contribution in [2.24, 2.45) is 5.73 Å². The van der Waals surface area contributed by atoms with Gasteiger partial charge in [0.25, 0.3) is 0 Å². The van der Waals surface area contributed by atoms with Crippen molar-refractivity contribution in [2.75, 3.05) is 5.73 Å². The molecule has 9 heteroatoms. The second-order valence-corrected chi connectivity index (χ2v) is 8.18. The van der Waals surface area contributed by atoms with Gasteiger partial charge in [-0.3, -0.25) is 0 Å². The van der Waals surface area contributed by atoms with Crippen molar-refractivity contribution in [1.29, 1.82) is 0 Å². The summed E-state index contributed by atoms with van der Waals surface area (Å²) in [5.74, 6) is 0. The standard InChI is InChI=1S/C7H6Cl3F3IN.C6H7N/c8-5(9)1-3(14)4(15)6(10,2-5)7(11,12)13;7-6-4-2-1-3-5-6/h1,4H,2,15H2;1-5H,7H2. The highest BCUT2D eigenvalue weighted by molar-refractivity contribution is 14.1. The van der Waals surface area contributed by atoms with Gasteiger partial charge in [0, 0.05) is 15.7 Å². The number of nitrogen functional groups attached to an aromatic ring is 1. The maximum absolute atomic E-state index is 12.7. The predicted molar refractivity (Wildman–Crippen MR) is 94.6 cm³/mol. The molecule has 0 aromatic heterocycles. The van der Waals surface area contributed by atoms with Crippen molar-refractivity contribution in [3.63, 3.8) is 0 Å². The van der Waals surface area contributed by atoms with Crippen LogP contribution in [0.3, 0.4) is 0 Å². The van der Waals surface area contributed by atoms with E-state index in [1.165, 1.54) is 6.08 Å². The molecule has 2 rings (SSSR count). The Morgan fingerprint density at radius 1 is 1.14 bits per heavy atom. The molecule has 0 fully saturated rings. The molecule has 0 bridgehead atoms. The Hall–Kier alpha value is 0.110. The minimum absolute atomic E-state index is 0.205. The number of hydrogen-bond donors (Lipinski definition) is 2. The average Bonchev–Trinajstić information content (AvgIpc) is 2.35. The quantitative estimate of drug-likeness (QED) is 0.307. The lowest BCUT2D eigenvalue weighted by molar-refractivity contribution is -0.167. The van der Waals surface area contributed by atoms with Gasteiger partial charge in [-0.1, -0.05) is 41.4 Å². The molecule has 0 spiro atoms. The van der Waals surface area contributed by atoms with E-state index < -0.39 is 27.8 Å². The van der Waals surface area contributed by atoms with Crippen LogP contribution in [0.1, 0.15) is 6.42 Å². The Morgan fingerprint density at radius 3 is 2.00 bits per heavy atom. The summed E-state index contributed by atoms with van der Waals surface area (Å²) in [6.07, 6.45) is -4.04. The minimum Gasteiger partial charge on any atom is -0.399 e. The van der Waals surface area contributed by atoms with E-state index in [4.69, 9.17) is 46.3 Å². The molecule has 4 N–H and O–H groups in total. The Balaban J connectivity index is 0.000000287. The molecule has 22 heavy (non-hydrogen) atoms. The number of halogens is 7. The predicted octanol–water partition coefficient (Wildman–Crippen LogP) is 5.02. The zero-order chi connectivity index (χ0) is 17.2. The lowest BCUT2D eigenvalue weighted by Gasteiger charge is -2.41. The molecule has 0 aliphatic heterocycles. The third kappa shape index (κ3) is 5.06. The van der Waals surface area contributed by atoms with E-state index in [2.05, 4.69) is 0 Å². The number of anilines is 1. The number of allylic oxidation sites excluding steroid dienone is 1. The van der Waals surface area contributed by atoms with E-state index in [0.717, 1.165) is 5.69 Å². The van der Waals surface area contributed by atoms with Crippen molar-refractivity contribution in [3.05, 3.63) is 40.0 Å². The van der Waals surface area contributed by atoms with Crippen LogP contribution in [-0.2, 0) is 0 Å². The van der Waals surface area contributed by atoms with E-state index in [1.54, 1.807) is 22.6 Å². The number of hydrogen-bond acceptors (Lipinski definition) is 2. The van der Waals surface area contributed by atoms with Crippen molar-refractivity contribution in [3.8, 4) is 0 Å². The lowest BCUT2D eigenvalue weighted by Crippen LogP contribution is -2.58. The van der Waals surface area contributed by atoms with Crippen molar-refractivity contribution < 1.29 is 13.2 Å². The summed E-state index contributed by atoms with van der Waals surface area (Å²) in [7, 11) is 0. The van der Waals surface area contributed by atoms with Crippen LogP contribution in [0.2, 0.25) is 0 Å². The first-order valence-corrected chi connectivity index (χ1v) is 8.18. The van der Waals surface area contributed by atoms with Crippen LogP contribution in [0.4, 0.5) is 18.9 Å². The first-order chi connectivity index (χ1) is 9.89. The van der Waals surface area contributed by atoms with Crippen LogP contribution in [0.15, 0.2) is 40.0 Å². The molecule has 2 nitrogen and oxygen atoms in total. The molecule has 0 heterocycles. The maximum atomic E-state index is 12.7. The molecule has 1 aliphatic carbocycles. The second kappa shape index (κ2) is 7.34. The zero-order valence-corrected chi connectivity index (χ0v) is 15.5. The number of para-hydroxylation sites is 1. The number of benzene rings is 1. The Kier molecular flexibility index (Phi) is 6.72. The molecule has 1 aliphatic rings. The summed E-state index contributed by atoms with van der Waals surface area (Å²) >= 11 is 18.5. The first-order valence-electron chi connectivity index (χ1n) is 5.97. The number of rotatable bonds is 0. The summed E-state index contributed by atoms with van der Waals surface area (Å²) in [6, 6.07) is 8.14. The van der Waals surface area contributed by atoms with Crippen LogP contribution >= 0.6 is 57.4 Å². The highest BCUT2D eigenvalue weighted by atomic mass is 127. The maximum Gasteiger partial charge on any atom is 0.409 e. The summed E-state index contributed by atoms with van der Waals surface area (Å²) in [4.78, 5) is -2.61. The molecule has 0 radical (unpaired) electrons. The third-order valence-corrected chi connectivity index (χ3v) is 4.95. The van der Waals surface area contributed by atoms with Gasteiger partial charge < -0.3 is 11.5 Å². The van der Waals surface area contributed by atoms with E-state index >= 15 is 0 Å². The summed E-state index contributed by atoms with van der Waals surface area (Å²) in [6.45, 7) is 0. The minimum atomic E-state index is -4.66. The van der Waals surface area contributed by atoms with Crippen molar-refractivity contribution >= 4 is 63.1 Å². The van der Waals surface area contributed by atoms with Gasteiger partial charge in [-0.2, -0.15) is 13.2 Å². The van der Waals surface area contributed by atoms with E-state index in [1.807, 2.05) is 30.3 Å². The molecule has 124 valence electrons. The lowest BCUT2D eigenvalue weighted by atomic mass is 9.88. The smallest absolute Gasteiger partial charge is 0.399 e. The van der Waals surface area contributed by atoms with Gasteiger partial charge in [-0.15, -0.1) is 11.6 Å². The van der Waals surface area contributed by atoms with Crippen molar-refractivity contribution in [2.45, 2.75) is 27.8 Å². The molecular weight excluding hydrogens is 474 g/mol. The normalized spacial score (nSPS) is 27.5. The Labute approximate surface area is 155 Å². The molecule has 2 unspecified atom stereocenters. The Bertz CT molecular complexity index is 537. The zero-order valence-electron chi connectivity index (χ0n) is 11.0. The topological polar surface area (TPSA) is 52.0 Å². The van der Waals surface area contributed by atoms with Crippen LogP contribution in [0, 0.1) is 0 Å². The van der Waals surface area contributed by atoms with E-state index in [0.29, 0.717) is 0 Å². The highest BCUT2D eigenvalue weighted by Gasteiger charge is 2.62. The van der Waals surface area contributed by atoms with Crippen molar-refractivity contribution in [1.82, 2.24) is 0 Å². The fraction of sp³-hybridized carbons (Fsp3) is 0.385. The molecule has 0 amide bonds. The van der Waals surface area contributed by atoms with Gasteiger partial charge in [-0.25, -0.2) is 0 Å². The number of nitrogens with two attached hydrogens (primary N) is 2. The number of alkyl halides is 6. The third-order valence-electron chi connectivity index (χ3n) is 2.90. The van der Waals surface area contributed by atoms with Gasteiger partial charge in [0.2, 0.25) is 0 Å². The van der Waals surface area contributed by atoms with Crippen LogP contribution < -0.4 is 11.5 Å².